The van der Waals surface area contributed by atoms with Gasteiger partial charge in [0.25, 0.3) is 0 Å². The molecule has 0 spiro atoms. The van der Waals surface area contributed by atoms with Gasteiger partial charge in [-0.2, -0.15) is 17.5 Å². The number of aliphatic hydroxyl groups is 1. The van der Waals surface area contributed by atoms with Crippen molar-refractivity contribution in [2.45, 2.75) is 49.4 Å². The molecular formula is C18H25F3N2O3S. The van der Waals surface area contributed by atoms with Crippen LogP contribution in [0.25, 0.3) is 0 Å². The number of benzene rings is 1. The molecule has 9 heteroatoms. The molecule has 3 rings (SSSR count). The molecule has 1 aliphatic carbocycles. The molecule has 1 N–H and O–H groups in total. The smallest absolute Gasteiger partial charge is 0.376 e. The molecular weight excluding hydrogens is 381 g/mol. The van der Waals surface area contributed by atoms with Gasteiger partial charge in [-0.15, -0.1) is 0 Å². The monoisotopic (exact) mass is 406 g/mol. The second-order valence-corrected chi connectivity index (χ2v) is 9.65. The summed E-state index contributed by atoms with van der Waals surface area (Å²) in [6, 6.07) is 4.10. The summed E-state index contributed by atoms with van der Waals surface area (Å²) in [7, 11) is -3.80. The lowest BCUT2D eigenvalue weighted by atomic mass is 9.96. The van der Waals surface area contributed by atoms with Gasteiger partial charge in [-0.25, -0.2) is 8.42 Å². The maximum absolute atomic E-state index is 12.9. The molecule has 0 amide bonds. The minimum atomic E-state index is -4.85. The van der Waals surface area contributed by atoms with E-state index in [-0.39, 0.29) is 10.9 Å². The van der Waals surface area contributed by atoms with Crippen LogP contribution in [0.5, 0.6) is 0 Å². The van der Waals surface area contributed by atoms with Crippen LogP contribution in [0.4, 0.5) is 13.2 Å². The Hall–Kier alpha value is -1.16. The molecule has 1 unspecified atom stereocenters. The van der Waals surface area contributed by atoms with Crippen molar-refractivity contribution in [2.75, 3.05) is 26.2 Å². The molecule has 5 nitrogen and oxygen atoms in total. The molecule has 1 saturated carbocycles. The predicted molar refractivity (Wildman–Crippen MR) is 94.6 cm³/mol. The van der Waals surface area contributed by atoms with Crippen LogP contribution in [0.1, 0.15) is 32.3 Å². The number of halogens is 3. The van der Waals surface area contributed by atoms with Crippen LogP contribution in [0, 0.1) is 5.92 Å². The van der Waals surface area contributed by atoms with Gasteiger partial charge in [0.05, 0.1) is 4.90 Å². The molecule has 0 aromatic heterocycles. The Morgan fingerprint density at radius 1 is 1.15 bits per heavy atom. The van der Waals surface area contributed by atoms with Crippen molar-refractivity contribution in [3.8, 4) is 0 Å². The van der Waals surface area contributed by atoms with Crippen molar-refractivity contribution in [3.05, 3.63) is 29.8 Å². The van der Waals surface area contributed by atoms with Crippen LogP contribution >= 0.6 is 0 Å². The van der Waals surface area contributed by atoms with Gasteiger partial charge >= 0.3 is 6.18 Å². The number of hydrogen-bond acceptors (Lipinski definition) is 4. The molecule has 1 aliphatic heterocycles. The van der Waals surface area contributed by atoms with E-state index in [1.54, 1.807) is 0 Å². The lowest BCUT2D eigenvalue weighted by Crippen LogP contribution is -2.54. The number of nitrogens with zero attached hydrogens (tertiary/aromatic N) is 2. The topological polar surface area (TPSA) is 60.9 Å². The largest absolute Gasteiger partial charge is 0.421 e. The lowest BCUT2D eigenvalue weighted by molar-refractivity contribution is -0.258. The fourth-order valence-electron chi connectivity index (χ4n) is 3.46. The maximum atomic E-state index is 12.9. The Kier molecular flexibility index (Phi) is 5.35. The van der Waals surface area contributed by atoms with Crippen LogP contribution in [-0.2, 0) is 15.6 Å². The van der Waals surface area contributed by atoms with E-state index in [4.69, 9.17) is 0 Å². The van der Waals surface area contributed by atoms with Crippen molar-refractivity contribution in [2.24, 2.45) is 5.92 Å². The molecule has 152 valence electrons. The van der Waals surface area contributed by atoms with E-state index in [9.17, 15) is 26.7 Å². The summed E-state index contributed by atoms with van der Waals surface area (Å²) in [5.74, 6) is 0.731. The minimum Gasteiger partial charge on any atom is -0.376 e. The molecule has 1 aromatic carbocycles. The van der Waals surface area contributed by atoms with Crippen LogP contribution < -0.4 is 0 Å². The Morgan fingerprint density at radius 2 is 1.74 bits per heavy atom. The van der Waals surface area contributed by atoms with E-state index in [2.05, 4.69) is 4.90 Å². The number of sulfonamides is 1. The third-order valence-electron chi connectivity index (χ3n) is 5.44. The summed E-state index contributed by atoms with van der Waals surface area (Å²) >= 11 is 0. The third-order valence-corrected chi connectivity index (χ3v) is 7.47. The molecule has 1 aromatic rings. The highest BCUT2D eigenvalue weighted by Crippen LogP contribution is 2.39. The van der Waals surface area contributed by atoms with Gasteiger partial charge in [-0.1, -0.05) is 12.1 Å². The normalized spacial score (nSPS) is 25.3. The molecule has 1 saturated heterocycles. The van der Waals surface area contributed by atoms with Crippen LogP contribution in [-0.4, -0.2) is 61.1 Å². The Labute approximate surface area is 157 Å². The summed E-state index contributed by atoms with van der Waals surface area (Å²) in [6.45, 7) is 5.16. The second-order valence-electron chi connectivity index (χ2n) is 7.76. The van der Waals surface area contributed by atoms with Gasteiger partial charge in [0, 0.05) is 32.2 Å². The first kappa shape index (κ1) is 20.6. The van der Waals surface area contributed by atoms with E-state index in [0.29, 0.717) is 26.6 Å². The van der Waals surface area contributed by atoms with Gasteiger partial charge in [0.2, 0.25) is 10.0 Å². The van der Waals surface area contributed by atoms with E-state index in [1.165, 1.54) is 17.1 Å². The molecule has 2 aliphatic rings. The highest BCUT2D eigenvalue weighted by Gasteiger charge is 2.51. The highest BCUT2D eigenvalue weighted by atomic mass is 32.2. The summed E-state index contributed by atoms with van der Waals surface area (Å²) in [5, 5.41) is 9.72. The van der Waals surface area contributed by atoms with Crippen molar-refractivity contribution in [1.82, 2.24) is 9.21 Å². The molecule has 0 radical (unpaired) electrons. The zero-order valence-corrected chi connectivity index (χ0v) is 16.2. The average molecular weight is 406 g/mol. The minimum absolute atomic E-state index is 0.0632. The van der Waals surface area contributed by atoms with Crippen molar-refractivity contribution < 1.29 is 26.7 Å². The van der Waals surface area contributed by atoms with E-state index < -0.39 is 27.4 Å². The molecule has 2 fully saturated rings. The van der Waals surface area contributed by atoms with E-state index >= 15 is 0 Å². The molecule has 2 atom stereocenters. The Morgan fingerprint density at radius 3 is 2.22 bits per heavy atom. The number of hydrogen-bond donors (Lipinski definition) is 1. The molecule has 1 heterocycles. The van der Waals surface area contributed by atoms with Gasteiger partial charge < -0.3 is 10.0 Å². The second kappa shape index (κ2) is 7.02. The standard InChI is InChI=1S/C18H25F3N2O3S/c1-13-11-22(12-14-3-4-14)9-10-23(13)27(25,26)16-7-5-15(6-8-16)17(2,24)18(19,20)21/h5-8,13-14,24H,3-4,9-12H2,1-2H3/t13-,17?/m1/s1. The first-order chi connectivity index (χ1) is 12.4. The first-order valence-electron chi connectivity index (χ1n) is 9.07. The van der Waals surface area contributed by atoms with Gasteiger partial charge in [-0.3, -0.25) is 0 Å². The summed E-state index contributed by atoms with van der Waals surface area (Å²) in [4.78, 5) is 2.21. The number of alkyl halides is 3. The fraction of sp³-hybridized carbons (Fsp3) is 0.667. The SMILES string of the molecule is C[C@@H]1CN(CC2CC2)CCN1S(=O)(=O)c1ccc(C(C)(O)C(F)(F)F)cc1. The van der Waals surface area contributed by atoms with Crippen LogP contribution in [0.3, 0.4) is 0 Å². The Bertz CT molecular complexity index is 774. The molecule has 27 heavy (non-hydrogen) atoms. The van der Waals surface area contributed by atoms with Gasteiger partial charge in [-0.05, 0) is 50.3 Å². The summed E-state index contributed by atoms with van der Waals surface area (Å²) in [5.41, 5.74) is -3.42. The van der Waals surface area contributed by atoms with Crippen molar-refractivity contribution >= 4 is 10.0 Å². The van der Waals surface area contributed by atoms with E-state index in [0.717, 1.165) is 36.7 Å². The van der Waals surface area contributed by atoms with E-state index in [1.807, 2.05) is 6.92 Å². The van der Waals surface area contributed by atoms with Crippen LogP contribution in [0.15, 0.2) is 29.2 Å². The average Bonchev–Trinajstić information content (AvgIpc) is 3.37. The van der Waals surface area contributed by atoms with Gasteiger partial charge in [0.15, 0.2) is 5.60 Å². The zero-order chi connectivity index (χ0) is 20.0. The zero-order valence-electron chi connectivity index (χ0n) is 15.4. The fourth-order valence-corrected chi connectivity index (χ4v) is 5.07. The summed E-state index contributed by atoms with van der Waals surface area (Å²) in [6.07, 6.45) is -2.37. The number of rotatable bonds is 5. The molecule has 0 bridgehead atoms. The first-order valence-corrected chi connectivity index (χ1v) is 10.5. The predicted octanol–water partition coefficient (Wildman–Crippen LogP) is 2.56. The summed E-state index contributed by atoms with van der Waals surface area (Å²) < 4.78 is 66.1. The lowest BCUT2D eigenvalue weighted by Gasteiger charge is -2.39. The van der Waals surface area contributed by atoms with Crippen molar-refractivity contribution in [3.63, 3.8) is 0 Å². The van der Waals surface area contributed by atoms with Crippen LogP contribution in [0.2, 0.25) is 0 Å². The Balaban J connectivity index is 1.75. The highest BCUT2D eigenvalue weighted by molar-refractivity contribution is 7.89. The third kappa shape index (κ3) is 4.16. The maximum Gasteiger partial charge on any atom is 0.421 e. The van der Waals surface area contributed by atoms with Crippen molar-refractivity contribution in [1.29, 1.82) is 0 Å². The number of piperazine rings is 1. The quantitative estimate of drug-likeness (QED) is 0.817. The van der Waals surface area contributed by atoms with Gasteiger partial charge in [0.1, 0.15) is 0 Å².